The number of nitrogens with zero attached hydrogens (tertiary/aromatic N) is 1. The maximum absolute atomic E-state index is 11.7. The first kappa shape index (κ1) is 13.1. The monoisotopic (exact) mass is 246 g/mol. The number of rotatable bonds is 4. The summed E-state index contributed by atoms with van der Waals surface area (Å²) in [6.07, 6.45) is 1.15. The summed E-state index contributed by atoms with van der Waals surface area (Å²) in [6, 6.07) is 10.8. The van der Waals surface area contributed by atoms with E-state index in [1.807, 2.05) is 19.9 Å². The normalized spacial score (nSPS) is 20.3. The molecule has 0 aromatic heterocycles. The van der Waals surface area contributed by atoms with E-state index in [1.165, 1.54) is 5.56 Å². The molecule has 2 rings (SSSR count). The van der Waals surface area contributed by atoms with Crippen LogP contribution in [0.5, 0.6) is 0 Å². The Morgan fingerprint density at radius 3 is 2.78 bits per heavy atom. The predicted octanol–water partition coefficient (Wildman–Crippen LogP) is 2.00. The lowest BCUT2D eigenvalue weighted by atomic mass is 9.99. The molecule has 1 aromatic carbocycles. The maximum atomic E-state index is 11.7. The molecule has 0 spiro atoms. The highest BCUT2D eigenvalue weighted by atomic mass is 16.2. The molecule has 0 aliphatic carbocycles. The molecule has 1 amide bonds. The predicted molar refractivity (Wildman–Crippen MR) is 73.5 cm³/mol. The first-order chi connectivity index (χ1) is 8.65. The molecule has 1 unspecified atom stereocenters. The summed E-state index contributed by atoms with van der Waals surface area (Å²) in [6.45, 7) is 6.53. The Balaban J connectivity index is 1.84. The summed E-state index contributed by atoms with van der Waals surface area (Å²) in [5, 5.41) is 2.94. The molecule has 3 heteroatoms. The van der Waals surface area contributed by atoms with E-state index in [0.717, 1.165) is 19.5 Å². The molecule has 0 radical (unpaired) electrons. The molecule has 1 aliphatic heterocycles. The van der Waals surface area contributed by atoms with Crippen LogP contribution in [0, 0.1) is 0 Å². The number of hydrogen-bond acceptors (Lipinski definition) is 2. The SMILES string of the molecule is CC(C)NC(=O)CN1CCC(c2ccccc2)C1. The zero-order chi connectivity index (χ0) is 13.0. The fraction of sp³-hybridized carbons (Fsp3) is 0.533. The number of nitrogens with one attached hydrogen (secondary N) is 1. The molecule has 1 atom stereocenters. The lowest BCUT2D eigenvalue weighted by Crippen LogP contribution is -2.39. The van der Waals surface area contributed by atoms with E-state index in [-0.39, 0.29) is 11.9 Å². The number of carbonyl (C=O) groups is 1. The largest absolute Gasteiger partial charge is 0.353 e. The van der Waals surface area contributed by atoms with Crippen LogP contribution in [0.3, 0.4) is 0 Å². The van der Waals surface area contributed by atoms with E-state index < -0.39 is 0 Å². The van der Waals surface area contributed by atoms with E-state index >= 15 is 0 Å². The van der Waals surface area contributed by atoms with Gasteiger partial charge in [-0.25, -0.2) is 0 Å². The number of carbonyl (C=O) groups excluding carboxylic acids is 1. The van der Waals surface area contributed by atoms with Crippen LogP contribution < -0.4 is 5.32 Å². The molecule has 1 fully saturated rings. The minimum absolute atomic E-state index is 0.138. The topological polar surface area (TPSA) is 32.3 Å². The van der Waals surface area contributed by atoms with Gasteiger partial charge in [-0.2, -0.15) is 0 Å². The molecule has 98 valence electrons. The second-order valence-corrected chi connectivity index (χ2v) is 5.35. The number of hydrogen-bond donors (Lipinski definition) is 1. The van der Waals surface area contributed by atoms with Crippen molar-refractivity contribution in [2.75, 3.05) is 19.6 Å². The lowest BCUT2D eigenvalue weighted by Gasteiger charge is -2.17. The Bertz CT molecular complexity index is 389. The van der Waals surface area contributed by atoms with Crippen molar-refractivity contribution in [1.29, 1.82) is 0 Å². The third-order valence-electron chi connectivity index (χ3n) is 3.36. The van der Waals surface area contributed by atoms with Crippen LogP contribution in [0.4, 0.5) is 0 Å². The second-order valence-electron chi connectivity index (χ2n) is 5.35. The molecule has 1 N–H and O–H groups in total. The summed E-state index contributed by atoms with van der Waals surface area (Å²) in [5.74, 6) is 0.719. The van der Waals surface area contributed by atoms with Gasteiger partial charge in [0.1, 0.15) is 0 Å². The van der Waals surface area contributed by atoms with Crippen LogP contribution >= 0.6 is 0 Å². The van der Waals surface area contributed by atoms with E-state index in [1.54, 1.807) is 0 Å². The molecular weight excluding hydrogens is 224 g/mol. The lowest BCUT2D eigenvalue weighted by molar-refractivity contribution is -0.122. The van der Waals surface area contributed by atoms with Gasteiger partial charge in [0.2, 0.25) is 5.91 Å². The minimum atomic E-state index is 0.138. The van der Waals surface area contributed by atoms with Crippen molar-refractivity contribution in [1.82, 2.24) is 10.2 Å². The van der Waals surface area contributed by atoms with Crippen LogP contribution in [0.1, 0.15) is 31.7 Å². The van der Waals surface area contributed by atoms with Gasteiger partial charge in [0.05, 0.1) is 6.54 Å². The molecule has 1 heterocycles. The van der Waals surface area contributed by atoms with Gasteiger partial charge in [0.15, 0.2) is 0 Å². The van der Waals surface area contributed by atoms with Crippen molar-refractivity contribution in [3.8, 4) is 0 Å². The minimum Gasteiger partial charge on any atom is -0.353 e. The number of benzene rings is 1. The van der Waals surface area contributed by atoms with Crippen LogP contribution in [0.2, 0.25) is 0 Å². The molecule has 18 heavy (non-hydrogen) atoms. The van der Waals surface area contributed by atoms with Crippen molar-refractivity contribution >= 4 is 5.91 Å². The Kier molecular flexibility index (Phi) is 4.37. The first-order valence-corrected chi connectivity index (χ1v) is 6.72. The van der Waals surface area contributed by atoms with Crippen molar-refractivity contribution < 1.29 is 4.79 Å². The molecular formula is C15H22N2O. The zero-order valence-electron chi connectivity index (χ0n) is 11.2. The third-order valence-corrected chi connectivity index (χ3v) is 3.36. The molecule has 1 aliphatic rings. The summed E-state index contributed by atoms with van der Waals surface area (Å²) in [7, 11) is 0. The Morgan fingerprint density at radius 2 is 2.11 bits per heavy atom. The smallest absolute Gasteiger partial charge is 0.234 e. The van der Waals surface area contributed by atoms with Gasteiger partial charge in [0, 0.05) is 12.6 Å². The molecule has 3 nitrogen and oxygen atoms in total. The van der Waals surface area contributed by atoms with Crippen LogP contribution in [-0.4, -0.2) is 36.5 Å². The fourth-order valence-electron chi connectivity index (χ4n) is 2.54. The first-order valence-electron chi connectivity index (χ1n) is 6.72. The van der Waals surface area contributed by atoms with Gasteiger partial charge in [-0.1, -0.05) is 30.3 Å². The highest BCUT2D eigenvalue weighted by Crippen LogP contribution is 2.26. The highest BCUT2D eigenvalue weighted by Gasteiger charge is 2.24. The molecule has 1 saturated heterocycles. The highest BCUT2D eigenvalue weighted by molar-refractivity contribution is 5.78. The summed E-state index contributed by atoms with van der Waals surface area (Å²) in [4.78, 5) is 13.9. The Labute approximate surface area is 109 Å². The van der Waals surface area contributed by atoms with Crippen LogP contribution in [0.25, 0.3) is 0 Å². The van der Waals surface area contributed by atoms with E-state index in [9.17, 15) is 4.79 Å². The average Bonchev–Trinajstić information content (AvgIpc) is 2.77. The van der Waals surface area contributed by atoms with Crippen LogP contribution in [0.15, 0.2) is 30.3 Å². The summed E-state index contributed by atoms with van der Waals surface area (Å²) >= 11 is 0. The summed E-state index contributed by atoms with van der Waals surface area (Å²) < 4.78 is 0. The van der Waals surface area contributed by atoms with Crippen molar-refractivity contribution in [3.05, 3.63) is 35.9 Å². The third kappa shape index (κ3) is 3.57. The van der Waals surface area contributed by atoms with Gasteiger partial charge in [-0.05, 0) is 38.3 Å². The van der Waals surface area contributed by atoms with Gasteiger partial charge >= 0.3 is 0 Å². The van der Waals surface area contributed by atoms with Crippen molar-refractivity contribution in [3.63, 3.8) is 0 Å². The Hall–Kier alpha value is -1.35. The molecule has 0 saturated carbocycles. The Morgan fingerprint density at radius 1 is 1.39 bits per heavy atom. The second kappa shape index (κ2) is 6.01. The molecule has 1 aromatic rings. The molecule has 0 bridgehead atoms. The van der Waals surface area contributed by atoms with Gasteiger partial charge in [-0.15, -0.1) is 0 Å². The summed E-state index contributed by atoms with van der Waals surface area (Å²) in [5.41, 5.74) is 1.39. The van der Waals surface area contributed by atoms with Crippen molar-refractivity contribution in [2.24, 2.45) is 0 Å². The fourth-order valence-corrected chi connectivity index (χ4v) is 2.54. The van der Waals surface area contributed by atoms with E-state index in [2.05, 4.69) is 34.5 Å². The van der Waals surface area contributed by atoms with E-state index in [0.29, 0.717) is 12.5 Å². The zero-order valence-corrected chi connectivity index (χ0v) is 11.2. The standard InChI is InChI=1S/C15H22N2O/c1-12(2)16-15(18)11-17-9-8-14(10-17)13-6-4-3-5-7-13/h3-7,12,14H,8-11H2,1-2H3,(H,16,18). The number of likely N-dealkylation sites (tertiary alicyclic amines) is 1. The quantitative estimate of drug-likeness (QED) is 0.881. The van der Waals surface area contributed by atoms with Crippen LogP contribution in [-0.2, 0) is 4.79 Å². The van der Waals surface area contributed by atoms with Crippen molar-refractivity contribution in [2.45, 2.75) is 32.2 Å². The van der Waals surface area contributed by atoms with Gasteiger partial charge < -0.3 is 5.32 Å². The maximum Gasteiger partial charge on any atom is 0.234 e. The average molecular weight is 246 g/mol. The van der Waals surface area contributed by atoms with Gasteiger partial charge in [-0.3, -0.25) is 9.69 Å². The van der Waals surface area contributed by atoms with E-state index in [4.69, 9.17) is 0 Å². The number of amides is 1. The van der Waals surface area contributed by atoms with Gasteiger partial charge in [0.25, 0.3) is 0 Å².